The smallest absolute Gasteiger partial charge is 0.246 e. The number of nitrogens with zero attached hydrogens (tertiary/aromatic N) is 4. The molecular formula is C13H17N5O3S2. The van der Waals surface area contributed by atoms with Crippen molar-refractivity contribution in [1.29, 1.82) is 5.26 Å². The van der Waals surface area contributed by atoms with Gasteiger partial charge in [-0.15, -0.1) is 0 Å². The first-order chi connectivity index (χ1) is 10.9. The van der Waals surface area contributed by atoms with Crippen LogP contribution in [-0.4, -0.2) is 49.5 Å². The van der Waals surface area contributed by atoms with Crippen LogP contribution in [0.5, 0.6) is 0 Å². The molecule has 0 saturated carbocycles. The molecule has 8 nitrogen and oxygen atoms in total. The molecule has 2 aliphatic rings. The number of nitriles is 1. The zero-order valence-electron chi connectivity index (χ0n) is 12.7. The average molecular weight is 355 g/mol. The Bertz CT molecular complexity index is 761. The predicted octanol–water partition coefficient (Wildman–Crippen LogP) is -0.116. The van der Waals surface area contributed by atoms with Crippen molar-refractivity contribution in [3.8, 4) is 6.19 Å². The van der Waals surface area contributed by atoms with Crippen molar-refractivity contribution in [2.75, 3.05) is 30.8 Å². The van der Waals surface area contributed by atoms with Crippen molar-refractivity contribution in [3.05, 3.63) is 10.6 Å². The van der Waals surface area contributed by atoms with Gasteiger partial charge in [0.2, 0.25) is 21.1 Å². The van der Waals surface area contributed by atoms with Crippen LogP contribution in [0.25, 0.3) is 0 Å². The Labute approximate surface area is 138 Å². The van der Waals surface area contributed by atoms with E-state index in [2.05, 4.69) is 10.3 Å². The van der Waals surface area contributed by atoms with Crippen molar-refractivity contribution >= 4 is 32.4 Å². The van der Waals surface area contributed by atoms with Gasteiger partial charge in [0, 0.05) is 30.9 Å². The Morgan fingerprint density at radius 1 is 1.57 bits per heavy atom. The Balaban J connectivity index is 1.83. The first-order valence-electron chi connectivity index (χ1n) is 7.28. The van der Waals surface area contributed by atoms with Gasteiger partial charge in [0.1, 0.15) is 0 Å². The molecule has 23 heavy (non-hydrogen) atoms. The topological polar surface area (TPSA) is 106 Å². The van der Waals surface area contributed by atoms with Crippen LogP contribution in [0.4, 0.5) is 5.13 Å². The molecule has 1 amide bonds. The molecule has 0 aliphatic carbocycles. The third-order valence-electron chi connectivity index (χ3n) is 4.08. The largest absolute Gasteiger partial charge is 0.316 e. The van der Waals surface area contributed by atoms with E-state index in [1.54, 1.807) is 0 Å². The second-order valence-corrected chi connectivity index (χ2v) is 8.72. The highest BCUT2D eigenvalue weighted by Crippen LogP contribution is 2.32. The summed E-state index contributed by atoms with van der Waals surface area (Å²) in [5.74, 6) is -0.452. The third-order valence-corrected chi connectivity index (χ3v) is 6.39. The third kappa shape index (κ3) is 3.23. The van der Waals surface area contributed by atoms with Crippen LogP contribution in [-0.2, 0) is 27.8 Å². The molecule has 124 valence electrons. The van der Waals surface area contributed by atoms with E-state index >= 15 is 0 Å². The maximum Gasteiger partial charge on any atom is 0.246 e. The predicted molar refractivity (Wildman–Crippen MR) is 85.1 cm³/mol. The lowest BCUT2D eigenvalue weighted by atomic mass is 10.1. The average Bonchev–Trinajstić information content (AvgIpc) is 3.15. The molecule has 1 aromatic rings. The fourth-order valence-corrected chi connectivity index (χ4v) is 4.72. The lowest BCUT2D eigenvalue weighted by Crippen LogP contribution is -2.34. The van der Waals surface area contributed by atoms with E-state index in [-0.39, 0.29) is 18.4 Å². The van der Waals surface area contributed by atoms with Gasteiger partial charge < -0.3 is 5.32 Å². The van der Waals surface area contributed by atoms with E-state index < -0.39 is 10.0 Å². The summed E-state index contributed by atoms with van der Waals surface area (Å²) in [7, 11) is -3.26. The second kappa shape index (κ2) is 6.16. The molecule has 1 saturated heterocycles. The van der Waals surface area contributed by atoms with Gasteiger partial charge in [-0.1, -0.05) is 11.3 Å². The fourth-order valence-electron chi connectivity index (χ4n) is 2.77. The number of anilines is 1. The summed E-state index contributed by atoms with van der Waals surface area (Å²) < 4.78 is 24.7. The number of fused-ring (bicyclic) bond motifs is 1. The highest BCUT2D eigenvalue weighted by molar-refractivity contribution is 7.88. The summed E-state index contributed by atoms with van der Waals surface area (Å²) in [6.07, 6.45) is 4.31. The lowest BCUT2D eigenvalue weighted by molar-refractivity contribution is -0.121. The zero-order valence-corrected chi connectivity index (χ0v) is 14.3. The van der Waals surface area contributed by atoms with Crippen LogP contribution in [0.3, 0.4) is 0 Å². The van der Waals surface area contributed by atoms with Crippen molar-refractivity contribution in [3.63, 3.8) is 0 Å². The number of hydrogen-bond donors (Lipinski definition) is 1. The SMILES string of the molecule is CS(=O)(=O)N1CCc2nc(N(C#N)C(=O)[C@H]3CCNC3)sc2C1. The minimum Gasteiger partial charge on any atom is -0.316 e. The second-order valence-electron chi connectivity index (χ2n) is 5.68. The molecule has 0 spiro atoms. The number of thiazole rings is 1. The van der Waals surface area contributed by atoms with Gasteiger partial charge in [0.05, 0.1) is 17.9 Å². The molecular weight excluding hydrogens is 338 g/mol. The first kappa shape index (κ1) is 16.3. The van der Waals surface area contributed by atoms with E-state index in [1.807, 2.05) is 6.19 Å². The van der Waals surface area contributed by atoms with Crippen LogP contribution in [0.15, 0.2) is 0 Å². The minimum absolute atomic E-state index is 0.205. The van der Waals surface area contributed by atoms with Crippen LogP contribution in [0.1, 0.15) is 17.0 Å². The van der Waals surface area contributed by atoms with E-state index in [1.165, 1.54) is 21.9 Å². The Morgan fingerprint density at radius 2 is 2.35 bits per heavy atom. The van der Waals surface area contributed by atoms with Gasteiger partial charge in [-0.2, -0.15) is 14.5 Å². The molecule has 0 aromatic carbocycles. The molecule has 1 fully saturated rings. The van der Waals surface area contributed by atoms with E-state index in [0.717, 1.165) is 22.0 Å². The summed E-state index contributed by atoms with van der Waals surface area (Å²) in [4.78, 5) is 18.7. The number of sulfonamides is 1. The maximum atomic E-state index is 12.4. The first-order valence-corrected chi connectivity index (χ1v) is 9.94. The van der Waals surface area contributed by atoms with Crippen molar-refractivity contribution in [1.82, 2.24) is 14.6 Å². The number of rotatable bonds is 3. The highest BCUT2D eigenvalue weighted by atomic mass is 32.2. The quantitative estimate of drug-likeness (QED) is 0.599. The Hall–Kier alpha value is -1.54. The maximum absolute atomic E-state index is 12.4. The number of carbonyl (C=O) groups excluding carboxylic acids is 1. The van der Waals surface area contributed by atoms with E-state index in [9.17, 15) is 18.5 Å². The molecule has 1 atom stereocenters. The van der Waals surface area contributed by atoms with Gasteiger partial charge in [-0.05, 0) is 13.0 Å². The van der Waals surface area contributed by atoms with E-state index in [4.69, 9.17) is 0 Å². The molecule has 0 unspecified atom stereocenters. The van der Waals surface area contributed by atoms with Crippen LogP contribution in [0, 0.1) is 17.4 Å². The highest BCUT2D eigenvalue weighted by Gasteiger charge is 2.32. The molecule has 3 heterocycles. The monoisotopic (exact) mass is 355 g/mol. The summed E-state index contributed by atoms with van der Waals surface area (Å²) >= 11 is 1.22. The Kier molecular flexibility index (Phi) is 4.37. The van der Waals surface area contributed by atoms with E-state index in [0.29, 0.717) is 31.1 Å². The number of carbonyl (C=O) groups is 1. The standard InChI is InChI=1S/C13H17N5O3S2/c1-23(20,21)17-5-3-10-11(7-17)22-13(16-10)18(8-14)12(19)9-2-4-15-6-9/h9,15H,2-7H2,1H3/t9-/m0/s1. The molecule has 0 radical (unpaired) electrons. The van der Waals surface area contributed by atoms with Crippen LogP contribution in [0.2, 0.25) is 0 Å². The molecule has 1 N–H and O–H groups in total. The van der Waals surface area contributed by atoms with Crippen molar-refractivity contribution < 1.29 is 13.2 Å². The number of aromatic nitrogens is 1. The summed E-state index contributed by atoms with van der Waals surface area (Å²) in [5.41, 5.74) is 0.780. The number of amides is 1. The van der Waals surface area contributed by atoms with Crippen molar-refractivity contribution in [2.24, 2.45) is 5.92 Å². The van der Waals surface area contributed by atoms with Crippen molar-refractivity contribution in [2.45, 2.75) is 19.4 Å². The molecule has 10 heteroatoms. The van der Waals surface area contributed by atoms with Gasteiger partial charge in [-0.3, -0.25) is 4.79 Å². The zero-order chi connectivity index (χ0) is 16.6. The summed E-state index contributed by atoms with van der Waals surface area (Å²) in [6.45, 7) is 1.98. The molecule has 2 aliphatic heterocycles. The number of nitrogens with one attached hydrogen (secondary N) is 1. The van der Waals surface area contributed by atoms with Crippen LogP contribution >= 0.6 is 11.3 Å². The van der Waals surface area contributed by atoms with Crippen LogP contribution < -0.4 is 10.2 Å². The summed E-state index contributed by atoms with van der Waals surface area (Å²) in [6, 6.07) is 0. The van der Waals surface area contributed by atoms with Gasteiger partial charge >= 0.3 is 0 Å². The summed E-state index contributed by atoms with van der Waals surface area (Å²) in [5, 5.41) is 12.8. The fraction of sp³-hybridized carbons (Fsp3) is 0.615. The molecule has 1 aromatic heterocycles. The van der Waals surface area contributed by atoms with Gasteiger partial charge in [0.25, 0.3) is 0 Å². The Morgan fingerprint density at radius 3 is 2.96 bits per heavy atom. The normalized spacial score (nSPS) is 21.7. The molecule has 3 rings (SSSR count). The number of hydrogen-bond acceptors (Lipinski definition) is 7. The van der Waals surface area contributed by atoms with Gasteiger partial charge in [-0.25, -0.2) is 13.4 Å². The minimum atomic E-state index is -3.26. The molecule has 0 bridgehead atoms. The van der Waals surface area contributed by atoms with Gasteiger partial charge in [0.15, 0.2) is 6.19 Å². The lowest BCUT2D eigenvalue weighted by Gasteiger charge is -2.23.